The average molecular weight is 258 g/mol. The van der Waals surface area contributed by atoms with E-state index in [2.05, 4.69) is 41.1 Å². The normalized spacial score (nSPS) is 10.2. The molecule has 1 N–H and O–H groups in total. The van der Waals surface area contributed by atoms with Crippen molar-refractivity contribution in [3.8, 4) is 0 Å². The average Bonchev–Trinajstić information content (AvgIpc) is 2.61. The van der Waals surface area contributed by atoms with Crippen molar-refractivity contribution in [3.05, 3.63) is 23.3 Å². The summed E-state index contributed by atoms with van der Waals surface area (Å²) in [5, 5.41) is 7.99. The Balaban J connectivity index is 2.24. The van der Waals surface area contributed by atoms with Crippen LogP contribution in [0.15, 0.2) is 33.5 Å². The van der Waals surface area contributed by atoms with Gasteiger partial charge in [0.1, 0.15) is 17.7 Å². The van der Waals surface area contributed by atoms with Gasteiger partial charge in [0, 0.05) is 6.20 Å². The van der Waals surface area contributed by atoms with E-state index in [4.69, 9.17) is 0 Å². The largest absolute Gasteiger partial charge is 0.254 e. The van der Waals surface area contributed by atoms with E-state index in [9.17, 15) is 0 Å². The SMILES string of the molecule is Brc1cncnc1Sc1ncn[nH]1. The summed E-state index contributed by atoms with van der Waals surface area (Å²) in [6, 6.07) is 0. The highest BCUT2D eigenvalue weighted by Crippen LogP contribution is 2.27. The van der Waals surface area contributed by atoms with Gasteiger partial charge in [0.15, 0.2) is 5.16 Å². The molecule has 0 bridgehead atoms. The molecule has 0 saturated heterocycles. The minimum absolute atomic E-state index is 0.708. The molecule has 0 aromatic carbocycles. The number of aromatic nitrogens is 5. The molecule has 2 aromatic rings. The molecule has 2 aromatic heterocycles. The van der Waals surface area contributed by atoms with E-state index in [1.54, 1.807) is 6.20 Å². The van der Waals surface area contributed by atoms with Crippen molar-refractivity contribution < 1.29 is 0 Å². The Kier molecular flexibility index (Phi) is 2.55. The second kappa shape index (κ2) is 3.84. The first-order valence-corrected chi connectivity index (χ1v) is 4.96. The standard InChI is InChI=1S/C6H4BrN5S/c7-4-1-8-2-9-5(4)13-6-10-3-11-12-6/h1-3H,(H,10,11,12). The van der Waals surface area contributed by atoms with Crippen LogP contribution in [0.5, 0.6) is 0 Å². The molecule has 0 fully saturated rings. The van der Waals surface area contributed by atoms with Crippen molar-refractivity contribution in [1.82, 2.24) is 25.1 Å². The minimum Gasteiger partial charge on any atom is -0.254 e. The maximum absolute atomic E-state index is 4.07. The predicted molar refractivity (Wildman–Crippen MR) is 50.2 cm³/mol. The van der Waals surface area contributed by atoms with E-state index in [0.717, 1.165) is 9.50 Å². The third-order valence-electron chi connectivity index (χ3n) is 1.22. The van der Waals surface area contributed by atoms with Gasteiger partial charge < -0.3 is 0 Å². The van der Waals surface area contributed by atoms with Crippen LogP contribution in [0, 0.1) is 0 Å². The Labute approximate surface area is 86.5 Å². The number of rotatable bonds is 2. The van der Waals surface area contributed by atoms with Gasteiger partial charge in [-0.15, -0.1) is 0 Å². The van der Waals surface area contributed by atoms with Crippen LogP contribution in [0.3, 0.4) is 0 Å². The van der Waals surface area contributed by atoms with Gasteiger partial charge in [-0.3, -0.25) is 5.10 Å². The van der Waals surface area contributed by atoms with Crippen LogP contribution < -0.4 is 0 Å². The minimum atomic E-state index is 0.708. The molecule has 66 valence electrons. The summed E-state index contributed by atoms with van der Waals surface area (Å²) in [7, 11) is 0. The Hall–Kier alpha value is -0.950. The summed E-state index contributed by atoms with van der Waals surface area (Å²) in [6.07, 6.45) is 4.63. The Morgan fingerprint density at radius 1 is 1.31 bits per heavy atom. The van der Waals surface area contributed by atoms with Crippen LogP contribution in [0.4, 0.5) is 0 Å². The van der Waals surface area contributed by atoms with Crippen molar-refractivity contribution in [3.63, 3.8) is 0 Å². The topological polar surface area (TPSA) is 67.3 Å². The zero-order chi connectivity index (χ0) is 9.10. The molecule has 2 rings (SSSR count). The van der Waals surface area contributed by atoms with E-state index >= 15 is 0 Å². The molecule has 0 aliphatic heterocycles. The molecule has 5 nitrogen and oxygen atoms in total. The van der Waals surface area contributed by atoms with Crippen molar-refractivity contribution in [2.24, 2.45) is 0 Å². The number of H-pyrrole nitrogens is 1. The maximum atomic E-state index is 4.07. The summed E-state index contributed by atoms with van der Waals surface area (Å²) in [4.78, 5) is 11.9. The molecule has 0 saturated carbocycles. The van der Waals surface area contributed by atoms with E-state index < -0.39 is 0 Å². The van der Waals surface area contributed by atoms with Gasteiger partial charge in [0.2, 0.25) is 0 Å². The van der Waals surface area contributed by atoms with Crippen LogP contribution >= 0.6 is 27.7 Å². The zero-order valence-electron chi connectivity index (χ0n) is 6.31. The molecule has 7 heteroatoms. The van der Waals surface area contributed by atoms with E-state index in [1.165, 1.54) is 24.4 Å². The van der Waals surface area contributed by atoms with Crippen LogP contribution in [0.25, 0.3) is 0 Å². The molecule has 2 heterocycles. The first kappa shape index (κ1) is 8.64. The van der Waals surface area contributed by atoms with Crippen LogP contribution in [-0.2, 0) is 0 Å². The smallest absolute Gasteiger partial charge is 0.189 e. The second-order valence-electron chi connectivity index (χ2n) is 2.07. The van der Waals surface area contributed by atoms with E-state index in [0.29, 0.717) is 5.16 Å². The maximum Gasteiger partial charge on any atom is 0.189 e. The highest BCUT2D eigenvalue weighted by molar-refractivity contribution is 9.10. The lowest BCUT2D eigenvalue weighted by atomic mass is 10.7. The van der Waals surface area contributed by atoms with E-state index in [1.807, 2.05) is 0 Å². The van der Waals surface area contributed by atoms with Gasteiger partial charge in [0.05, 0.1) is 4.47 Å². The van der Waals surface area contributed by atoms with Gasteiger partial charge in [0.25, 0.3) is 0 Å². The Bertz CT molecular complexity index is 390. The number of aromatic amines is 1. The number of halogens is 1. The molecule has 0 aliphatic carbocycles. The van der Waals surface area contributed by atoms with Crippen LogP contribution in [0.2, 0.25) is 0 Å². The Morgan fingerprint density at radius 2 is 2.23 bits per heavy atom. The molecule has 0 amide bonds. The van der Waals surface area contributed by atoms with Crippen molar-refractivity contribution >= 4 is 27.7 Å². The van der Waals surface area contributed by atoms with Gasteiger partial charge >= 0.3 is 0 Å². The molecule has 0 spiro atoms. The molecule has 13 heavy (non-hydrogen) atoms. The first-order chi connectivity index (χ1) is 6.36. The highest BCUT2D eigenvalue weighted by Gasteiger charge is 2.04. The molecule has 0 radical (unpaired) electrons. The predicted octanol–water partition coefficient (Wildman–Crippen LogP) is 1.51. The van der Waals surface area contributed by atoms with Crippen LogP contribution in [-0.4, -0.2) is 25.1 Å². The van der Waals surface area contributed by atoms with Gasteiger partial charge in [-0.25, -0.2) is 15.0 Å². The lowest BCUT2D eigenvalue weighted by Gasteiger charge is -1.97. The second-order valence-corrected chi connectivity index (χ2v) is 3.90. The van der Waals surface area contributed by atoms with Crippen molar-refractivity contribution in [2.45, 2.75) is 10.2 Å². The summed E-state index contributed by atoms with van der Waals surface area (Å²) < 4.78 is 0.844. The number of nitrogens with zero attached hydrogens (tertiary/aromatic N) is 4. The summed E-state index contributed by atoms with van der Waals surface area (Å²) in [6.45, 7) is 0. The Morgan fingerprint density at radius 3 is 2.92 bits per heavy atom. The van der Waals surface area contributed by atoms with Gasteiger partial charge in [-0.1, -0.05) is 0 Å². The lowest BCUT2D eigenvalue weighted by Crippen LogP contribution is -1.84. The molecular weight excluding hydrogens is 254 g/mol. The fourth-order valence-corrected chi connectivity index (χ4v) is 1.81. The summed E-state index contributed by atoms with van der Waals surface area (Å²) in [5.74, 6) is 0. The van der Waals surface area contributed by atoms with E-state index in [-0.39, 0.29) is 0 Å². The molecule has 0 unspecified atom stereocenters. The third kappa shape index (κ3) is 2.04. The van der Waals surface area contributed by atoms with Gasteiger partial charge in [-0.05, 0) is 27.7 Å². The fraction of sp³-hybridized carbons (Fsp3) is 0. The van der Waals surface area contributed by atoms with Crippen LogP contribution in [0.1, 0.15) is 0 Å². The molecule has 0 aliphatic rings. The highest BCUT2D eigenvalue weighted by atomic mass is 79.9. The number of hydrogen-bond donors (Lipinski definition) is 1. The number of hydrogen-bond acceptors (Lipinski definition) is 5. The fourth-order valence-electron chi connectivity index (χ4n) is 0.712. The summed E-state index contributed by atoms with van der Waals surface area (Å²) >= 11 is 4.73. The van der Waals surface area contributed by atoms with Crippen molar-refractivity contribution in [2.75, 3.05) is 0 Å². The zero-order valence-corrected chi connectivity index (χ0v) is 8.71. The van der Waals surface area contributed by atoms with Crippen molar-refractivity contribution in [1.29, 1.82) is 0 Å². The third-order valence-corrected chi connectivity index (χ3v) is 2.97. The van der Waals surface area contributed by atoms with Gasteiger partial charge in [-0.2, -0.15) is 5.10 Å². The number of nitrogens with one attached hydrogen (secondary N) is 1. The first-order valence-electron chi connectivity index (χ1n) is 3.35. The quantitative estimate of drug-likeness (QED) is 0.827. The summed E-state index contributed by atoms with van der Waals surface area (Å²) in [5.41, 5.74) is 0. The lowest BCUT2D eigenvalue weighted by molar-refractivity contribution is 0.958. The monoisotopic (exact) mass is 257 g/mol. The molecule has 0 atom stereocenters. The molecular formula is C6H4BrN5S.